The summed E-state index contributed by atoms with van der Waals surface area (Å²) in [7, 11) is 0. The SMILES string of the molecule is Cc1[nH+]cc(CO)c(CO)c1O.O=C([O-])CC(O)(CC(=O)O)C(=O)O. The van der Waals surface area contributed by atoms with Crippen molar-refractivity contribution in [3.05, 3.63) is 23.0 Å². The van der Waals surface area contributed by atoms with Gasteiger partial charge < -0.3 is 40.5 Å². The van der Waals surface area contributed by atoms with E-state index < -0.39 is 36.4 Å². The molecule has 1 unspecified atom stereocenters. The van der Waals surface area contributed by atoms with Crippen LogP contribution in [0, 0.1) is 6.92 Å². The van der Waals surface area contributed by atoms with Gasteiger partial charge in [-0.25, -0.2) is 9.78 Å². The summed E-state index contributed by atoms with van der Waals surface area (Å²) in [5.74, 6) is -5.32. The lowest BCUT2D eigenvalue weighted by Crippen LogP contribution is -2.45. The zero-order chi connectivity index (χ0) is 19.8. The van der Waals surface area contributed by atoms with E-state index in [4.69, 9.17) is 25.5 Å². The summed E-state index contributed by atoms with van der Waals surface area (Å²) < 4.78 is 0. The van der Waals surface area contributed by atoms with Crippen LogP contribution in [-0.4, -0.2) is 54.1 Å². The number of hydrogen-bond acceptors (Lipinski definition) is 8. The fourth-order valence-electron chi connectivity index (χ4n) is 1.75. The largest absolute Gasteiger partial charge is 0.550 e. The van der Waals surface area contributed by atoms with Crippen molar-refractivity contribution in [1.29, 1.82) is 0 Å². The van der Waals surface area contributed by atoms with E-state index in [-0.39, 0.29) is 19.0 Å². The molecule has 0 saturated heterocycles. The van der Waals surface area contributed by atoms with Crippen LogP contribution in [0.15, 0.2) is 6.20 Å². The highest BCUT2D eigenvalue weighted by Gasteiger charge is 2.38. The molecular weight excluding hydrogens is 342 g/mol. The molecule has 11 nitrogen and oxygen atoms in total. The smallest absolute Gasteiger partial charge is 0.336 e. The van der Waals surface area contributed by atoms with Crippen LogP contribution in [0.3, 0.4) is 0 Å². The summed E-state index contributed by atoms with van der Waals surface area (Å²) in [6.45, 7) is 1.23. The number of aliphatic hydroxyl groups excluding tert-OH is 2. The first-order valence-corrected chi connectivity index (χ1v) is 6.79. The van der Waals surface area contributed by atoms with Crippen molar-refractivity contribution in [2.24, 2.45) is 0 Å². The van der Waals surface area contributed by atoms with E-state index in [0.29, 0.717) is 16.8 Å². The second kappa shape index (κ2) is 9.52. The number of aromatic hydroxyl groups is 1. The first-order valence-electron chi connectivity index (χ1n) is 6.79. The average molecular weight is 361 g/mol. The lowest BCUT2D eigenvalue weighted by Gasteiger charge is -2.21. The van der Waals surface area contributed by atoms with Crippen molar-refractivity contribution in [2.45, 2.75) is 38.6 Å². The monoisotopic (exact) mass is 361 g/mol. The van der Waals surface area contributed by atoms with Crippen LogP contribution in [0.25, 0.3) is 0 Å². The van der Waals surface area contributed by atoms with Crippen LogP contribution in [0.2, 0.25) is 0 Å². The first-order chi connectivity index (χ1) is 11.5. The number of hydrogen-bond donors (Lipinski definition) is 6. The van der Waals surface area contributed by atoms with Gasteiger partial charge in [0.15, 0.2) is 17.5 Å². The van der Waals surface area contributed by atoms with Gasteiger partial charge in [-0.05, 0) is 0 Å². The van der Waals surface area contributed by atoms with E-state index >= 15 is 0 Å². The van der Waals surface area contributed by atoms with Gasteiger partial charge in [-0.2, -0.15) is 0 Å². The van der Waals surface area contributed by atoms with E-state index in [1.165, 1.54) is 0 Å². The van der Waals surface area contributed by atoms with Gasteiger partial charge in [0.2, 0.25) is 5.69 Å². The van der Waals surface area contributed by atoms with E-state index in [0.717, 1.165) is 0 Å². The van der Waals surface area contributed by atoms with E-state index in [1.807, 2.05) is 0 Å². The molecule has 11 heteroatoms. The van der Waals surface area contributed by atoms with Crippen LogP contribution < -0.4 is 10.1 Å². The molecule has 0 aliphatic heterocycles. The molecule has 0 aromatic carbocycles. The molecule has 1 heterocycles. The number of nitrogens with one attached hydrogen (secondary N) is 1. The van der Waals surface area contributed by atoms with Gasteiger partial charge in [-0.1, -0.05) is 0 Å². The highest BCUT2D eigenvalue weighted by molar-refractivity contribution is 5.87. The zero-order valence-electron chi connectivity index (χ0n) is 13.2. The van der Waals surface area contributed by atoms with Crippen LogP contribution in [-0.2, 0) is 27.6 Å². The third kappa shape index (κ3) is 6.71. The maximum absolute atomic E-state index is 10.3. The molecule has 7 N–H and O–H groups in total. The predicted molar refractivity (Wildman–Crippen MR) is 75.7 cm³/mol. The number of aliphatic hydroxyl groups is 3. The van der Waals surface area contributed by atoms with Gasteiger partial charge in [-0.3, -0.25) is 4.79 Å². The number of carbonyl (C=O) groups is 3. The molecule has 0 radical (unpaired) electrons. The van der Waals surface area contributed by atoms with Crippen molar-refractivity contribution < 1.29 is 55.1 Å². The second-order valence-corrected chi connectivity index (χ2v) is 5.04. The third-order valence-corrected chi connectivity index (χ3v) is 3.10. The van der Waals surface area contributed by atoms with E-state index in [9.17, 15) is 24.6 Å². The molecular formula is C14H19NO10. The molecule has 1 aromatic heterocycles. The first kappa shape index (κ1) is 22.2. The van der Waals surface area contributed by atoms with Gasteiger partial charge in [0.05, 0.1) is 25.2 Å². The highest BCUT2D eigenvalue weighted by Crippen LogP contribution is 2.21. The summed E-state index contributed by atoms with van der Waals surface area (Å²) in [4.78, 5) is 33.1. The minimum Gasteiger partial charge on any atom is -0.550 e. The summed E-state index contributed by atoms with van der Waals surface area (Å²) in [5.41, 5.74) is -1.32. The molecule has 0 bridgehead atoms. The minimum atomic E-state index is -2.80. The van der Waals surface area contributed by atoms with Gasteiger partial charge in [0.1, 0.15) is 0 Å². The van der Waals surface area contributed by atoms with Gasteiger partial charge in [0, 0.05) is 24.9 Å². The molecule has 140 valence electrons. The van der Waals surface area contributed by atoms with Crippen molar-refractivity contribution in [3.8, 4) is 5.75 Å². The Morgan fingerprint density at radius 1 is 1.16 bits per heavy atom. The van der Waals surface area contributed by atoms with E-state index in [2.05, 4.69) is 4.98 Å². The normalized spacial score (nSPS) is 12.5. The minimum absolute atomic E-state index is 0.0176. The molecule has 0 saturated carbocycles. The number of pyridine rings is 1. The summed E-state index contributed by atoms with van der Waals surface area (Å²) in [6.07, 6.45) is -0.869. The number of rotatable bonds is 7. The summed E-state index contributed by atoms with van der Waals surface area (Å²) in [5, 5.41) is 62.6. The molecule has 0 aliphatic carbocycles. The average Bonchev–Trinajstić information content (AvgIpc) is 2.48. The predicted octanol–water partition coefficient (Wildman–Crippen LogP) is -3.08. The van der Waals surface area contributed by atoms with Gasteiger partial charge in [0.25, 0.3) is 0 Å². The Bertz CT molecular complexity index is 627. The molecule has 0 fully saturated rings. The van der Waals surface area contributed by atoms with E-state index in [1.54, 1.807) is 13.1 Å². The molecule has 25 heavy (non-hydrogen) atoms. The van der Waals surface area contributed by atoms with Gasteiger partial charge in [-0.15, -0.1) is 0 Å². The van der Waals surface area contributed by atoms with Crippen LogP contribution in [0.5, 0.6) is 5.75 Å². The lowest BCUT2D eigenvalue weighted by atomic mass is 9.96. The molecule has 1 aromatic rings. The molecule has 1 atom stereocenters. The number of H-pyrrole nitrogens is 1. The number of aromatic amines is 1. The van der Waals surface area contributed by atoms with Crippen molar-refractivity contribution >= 4 is 17.9 Å². The van der Waals surface area contributed by atoms with Gasteiger partial charge >= 0.3 is 11.9 Å². The van der Waals surface area contributed by atoms with Crippen molar-refractivity contribution in [3.63, 3.8) is 0 Å². The highest BCUT2D eigenvalue weighted by atomic mass is 16.4. The maximum atomic E-state index is 10.3. The van der Waals surface area contributed by atoms with Crippen molar-refractivity contribution in [1.82, 2.24) is 0 Å². The number of aromatic nitrogens is 1. The fourth-order valence-corrected chi connectivity index (χ4v) is 1.75. The maximum Gasteiger partial charge on any atom is 0.336 e. The zero-order valence-corrected chi connectivity index (χ0v) is 13.2. The Morgan fingerprint density at radius 2 is 1.72 bits per heavy atom. The Balaban J connectivity index is 0.000000462. The Hall–Kier alpha value is -2.76. The second-order valence-electron chi connectivity index (χ2n) is 5.04. The van der Waals surface area contributed by atoms with Crippen LogP contribution in [0.4, 0.5) is 0 Å². The number of aliphatic carboxylic acids is 3. The molecule has 1 rings (SSSR count). The molecule has 0 spiro atoms. The third-order valence-electron chi connectivity index (χ3n) is 3.10. The number of carboxylic acids is 3. The standard InChI is InChI=1S/C8H11NO3.C6H8O7/c1-5-8(12)7(4-11)6(3-10)2-9-5;7-3(8)1-6(13,5(11)12)2-4(9)10/h2,10-12H,3-4H2,1H3;13H,1-2H2,(H,7,8)(H,9,10)(H,11,12). The van der Waals surface area contributed by atoms with Crippen molar-refractivity contribution in [2.75, 3.05) is 0 Å². The molecule has 0 amide bonds. The van der Waals surface area contributed by atoms with Crippen LogP contribution >= 0.6 is 0 Å². The Labute approximate surface area is 141 Å². The molecule has 0 aliphatic rings. The number of carbonyl (C=O) groups excluding carboxylic acids is 1. The summed E-state index contributed by atoms with van der Waals surface area (Å²) >= 11 is 0. The quantitative estimate of drug-likeness (QED) is 0.288. The Morgan fingerprint density at radius 3 is 2.08 bits per heavy atom. The lowest BCUT2D eigenvalue weighted by molar-refractivity contribution is -0.389. The summed E-state index contributed by atoms with van der Waals surface area (Å²) in [6, 6.07) is 0. The topological polar surface area (TPSA) is 210 Å². The number of aryl methyl sites for hydroxylation is 1. The Kier molecular flexibility index (Phi) is 8.46. The van der Waals surface area contributed by atoms with Crippen LogP contribution in [0.1, 0.15) is 29.7 Å². The number of carboxylic acid groups (broad SMARTS) is 3. The fraction of sp³-hybridized carbons (Fsp3) is 0.429.